The summed E-state index contributed by atoms with van der Waals surface area (Å²) in [7, 11) is 0. The van der Waals surface area contributed by atoms with Crippen LogP contribution in [-0.4, -0.2) is 14.5 Å². The number of para-hydroxylation sites is 4. The van der Waals surface area contributed by atoms with Crippen molar-refractivity contribution in [2.24, 2.45) is 0 Å². The summed E-state index contributed by atoms with van der Waals surface area (Å²) in [4.78, 5) is 9.90. The normalized spacial score (nSPS) is 11.7. The lowest BCUT2D eigenvalue weighted by Crippen LogP contribution is -1.94. The number of benzene rings is 7. The van der Waals surface area contributed by atoms with Gasteiger partial charge in [0.1, 0.15) is 0 Å². The highest BCUT2D eigenvalue weighted by Crippen LogP contribution is 2.35. The lowest BCUT2D eigenvalue weighted by atomic mass is 9.96. The van der Waals surface area contributed by atoms with E-state index in [1.54, 1.807) is 0 Å². The van der Waals surface area contributed by atoms with Gasteiger partial charge in [0.25, 0.3) is 0 Å². The first-order valence-electron chi connectivity index (χ1n) is 14.6. The topological polar surface area (TPSA) is 30.7 Å². The molecule has 0 amide bonds. The molecule has 0 aliphatic rings. The quantitative estimate of drug-likeness (QED) is 0.163. The zero-order valence-corrected chi connectivity index (χ0v) is 23.3. The van der Waals surface area contributed by atoms with Crippen LogP contribution in [0.15, 0.2) is 152 Å². The van der Waals surface area contributed by atoms with Crippen molar-refractivity contribution in [3.63, 3.8) is 0 Å². The minimum Gasteiger partial charge on any atom is -0.309 e. The Balaban J connectivity index is 1.17. The average molecular weight is 548 g/mol. The third-order valence-corrected chi connectivity index (χ3v) is 8.54. The van der Waals surface area contributed by atoms with Gasteiger partial charge in [-0.15, -0.1) is 0 Å². The van der Waals surface area contributed by atoms with Gasteiger partial charge in [0.05, 0.1) is 33.1 Å². The molecule has 9 rings (SSSR count). The van der Waals surface area contributed by atoms with Gasteiger partial charge in [-0.25, -0.2) is 9.97 Å². The van der Waals surface area contributed by atoms with Crippen LogP contribution in [0, 0.1) is 0 Å². The predicted octanol–water partition coefficient (Wildman–Crippen LogP) is 10.4. The summed E-state index contributed by atoms with van der Waals surface area (Å²) in [5, 5.41) is 4.82. The molecule has 0 aliphatic carbocycles. The highest BCUT2D eigenvalue weighted by molar-refractivity contribution is 6.09. The maximum Gasteiger partial charge on any atom is 0.0973 e. The Bertz CT molecular complexity index is 2470. The van der Waals surface area contributed by atoms with E-state index in [2.05, 4.69) is 132 Å². The van der Waals surface area contributed by atoms with Crippen molar-refractivity contribution in [1.82, 2.24) is 14.5 Å². The van der Waals surface area contributed by atoms with E-state index in [-0.39, 0.29) is 0 Å². The molecule has 0 bridgehead atoms. The summed E-state index contributed by atoms with van der Waals surface area (Å²) in [6.07, 6.45) is 0. The first kappa shape index (κ1) is 23.9. The molecule has 0 aliphatic heterocycles. The molecule has 43 heavy (non-hydrogen) atoms. The van der Waals surface area contributed by atoms with Gasteiger partial charge in [-0.1, -0.05) is 97.1 Å². The largest absolute Gasteiger partial charge is 0.309 e. The number of hydrogen-bond acceptors (Lipinski definition) is 2. The second-order valence-electron chi connectivity index (χ2n) is 11.1. The van der Waals surface area contributed by atoms with Gasteiger partial charge in [-0.2, -0.15) is 0 Å². The Hall–Kier alpha value is -5.80. The Morgan fingerprint density at radius 3 is 1.70 bits per heavy atom. The van der Waals surface area contributed by atoms with Crippen molar-refractivity contribution in [2.75, 3.05) is 0 Å². The summed E-state index contributed by atoms with van der Waals surface area (Å²) >= 11 is 0. The summed E-state index contributed by atoms with van der Waals surface area (Å²) in [5.41, 5.74) is 12.0. The molecule has 0 saturated carbocycles. The van der Waals surface area contributed by atoms with Crippen LogP contribution in [0.5, 0.6) is 0 Å². The number of aromatic nitrogens is 3. The third-order valence-electron chi connectivity index (χ3n) is 8.54. The van der Waals surface area contributed by atoms with Crippen LogP contribution >= 0.6 is 0 Å². The van der Waals surface area contributed by atoms with E-state index >= 15 is 0 Å². The van der Waals surface area contributed by atoms with E-state index in [0.29, 0.717) is 0 Å². The first-order valence-corrected chi connectivity index (χ1v) is 14.6. The zero-order chi connectivity index (χ0) is 28.3. The van der Waals surface area contributed by atoms with Crippen molar-refractivity contribution >= 4 is 54.6 Å². The van der Waals surface area contributed by atoms with Crippen LogP contribution in [0.2, 0.25) is 0 Å². The first-order chi connectivity index (χ1) is 21.3. The second kappa shape index (κ2) is 9.37. The van der Waals surface area contributed by atoms with Crippen molar-refractivity contribution in [2.45, 2.75) is 0 Å². The second-order valence-corrected chi connectivity index (χ2v) is 11.1. The van der Waals surface area contributed by atoms with Crippen LogP contribution in [-0.2, 0) is 0 Å². The smallest absolute Gasteiger partial charge is 0.0973 e. The molecule has 3 nitrogen and oxygen atoms in total. The van der Waals surface area contributed by atoms with Gasteiger partial charge in [0.15, 0.2) is 0 Å². The van der Waals surface area contributed by atoms with Crippen molar-refractivity contribution in [3.8, 4) is 27.9 Å². The summed E-state index contributed by atoms with van der Waals surface area (Å²) in [6.45, 7) is 0. The van der Waals surface area contributed by atoms with Gasteiger partial charge in [0, 0.05) is 21.8 Å². The molecule has 0 radical (unpaired) electrons. The predicted molar refractivity (Wildman–Crippen MR) is 180 cm³/mol. The summed E-state index contributed by atoms with van der Waals surface area (Å²) in [6, 6.07) is 53.9. The molecule has 0 fully saturated rings. The van der Waals surface area contributed by atoms with E-state index in [1.165, 1.54) is 38.5 Å². The van der Waals surface area contributed by atoms with Crippen molar-refractivity contribution in [1.29, 1.82) is 0 Å². The maximum atomic E-state index is 5.02. The lowest BCUT2D eigenvalue weighted by Gasteiger charge is -2.12. The van der Waals surface area contributed by atoms with E-state index < -0.39 is 0 Å². The van der Waals surface area contributed by atoms with Crippen LogP contribution < -0.4 is 0 Å². The average Bonchev–Trinajstić information content (AvgIpc) is 3.42. The number of hydrogen-bond donors (Lipinski definition) is 0. The molecule has 0 atom stereocenters. The van der Waals surface area contributed by atoms with Gasteiger partial charge in [-0.3, -0.25) is 0 Å². The molecule has 9 aromatic rings. The SMILES string of the molecule is c1cc(-c2cccc(-n3c4ccccc4c4ccccc43)c2)cc(-c2ccc3ccc4nc5ccccc5nc4c3c2)c1. The molecule has 0 N–H and O–H groups in total. The van der Waals surface area contributed by atoms with Crippen LogP contribution in [0.1, 0.15) is 0 Å². The summed E-state index contributed by atoms with van der Waals surface area (Å²) < 4.78 is 2.37. The van der Waals surface area contributed by atoms with Crippen LogP contribution in [0.25, 0.3) is 82.6 Å². The molecule has 200 valence electrons. The number of fused-ring (bicyclic) bond motifs is 7. The van der Waals surface area contributed by atoms with Crippen molar-refractivity contribution in [3.05, 3.63) is 152 Å². The Labute approximate surface area is 248 Å². The minimum atomic E-state index is 0.915. The molecule has 3 heteroatoms. The molecule has 2 heterocycles. The van der Waals surface area contributed by atoms with Gasteiger partial charge >= 0.3 is 0 Å². The molecule has 7 aromatic carbocycles. The highest BCUT2D eigenvalue weighted by Gasteiger charge is 2.13. The fourth-order valence-electron chi connectivity index (χ4n) is 6.49. The van der Waals surface area contributed by atoms with Crippen LogP contribution in [0.3, 0.4) is 0 Å². The maximum absolute atomic E-state index is 5.02. The number of nitrogens with zero attached hydrogens (tertiary/aromatic N) is 3. The molecule has 0 spiro atoms. The monoisotopic (exact) mass is 547 g/mol. The Morgan fingerprint density at radius 1 is 0.372 bits per heavy atom. The zero-order valence-electron chi connectivity index (χ0n) is 23.3. The van der Waals surface area contributed by atoms with E-state index in [9.17, 15) is 0 Å². The van der Waals surface area contributed by atoms with Gasteiger partial charge in [0.2, 0.25) is 0 Å². The highest BCUT2D eigenvalue weighted by atomic mass is 15.0. The van der Waals surface area contributed by atoms with E-state index in [1.807, 2.05) is 24.3 Å². The molecular weight excluding hydrogens is 522 g/mol. The molecular formula is C40H25N3. The third kappa shape index (κ3) is 3.83. The van der Waals surface area contributed by atoms with E-state index in [4.69, 9.17) is 9.97 Å². The Morgan fingerprint density at radius 2 is 0.953 bits per heavy atom. The van der Waals surface area contributed by atoms with Gasteiger partial charge in [-0.05, 0) is 82.2 Å². The van der Waals surface area contributed by atoms with Crippen molar-refractivity contribution < 1.29 is 0 Å². The Kier molecular flexibility index (Phi) is 5.20. The van der Waals surface area contributed by atoms with Crippen LogP contribution in [0.4, 0.5) is 0 Å². The van der Waals surface area contributed by atoms with Gasteiger partial charge < -0.3 is 4.57 Å². The fourth-order valence-corrected chi connectivity index (χ4v) is 6.49. The van der Waals surface area contributed by atoms with E-state index in [0.717, 1.165) is 44.1 Å². The minimum absolute atomic E-state index is 0.915. The molecule has 2 aromatic heterocycles. The fraction of sp³-hybridized carbons (Fsp3) is 0. The number of rotatable bonds is 3. The molecule has 0 unspecified atom stereocenters. The molecule has 0 saturated heterocycles. The lowest BCUT2D eigenvalue weighted by molar-refractivity contribution is 1.18. The standard InChI is InChI=1S/C40H25N3/c1-5-17-38-32(13-1)33-14-2-6-18-39(33)43(38)31-12-8-11-29(24-31)27-9-7-10-28(23-27)30-20-19-26-21-22-37-40(34(26)25-30)42-36-16-4-3-15-35(36)41-37/h1-25H. The summed E-state index contributed by atoms with van der Waals surface area (Å²) in [5.74, 6) is 0.